The average molecular weight is 818 g/mol. The normalized spacial score (nSPS) is 17.4. The van der Waals surface area contributed by atoms with E-state index in [9.17, 15) is 19.0 Å². The maximum Gasteiger partial charge on any atom is 0.472 e. The third-order valence-corrected chi connectivity index (χ3v) is 10.5. The number of hydrogen-bond acceptors (Lipinski definition) is 10. The lowest BCUT2D eigenvalue weighted by Crippen LogP contribution is -2.29. The number of ether oxygens (including phenoxy) is 3. The summed E-state index contributed by atoms with van der Waals surface area (Å²) in [5.41, 5.74) is 7.90. The van der Waals surface area contributed by atoms with Crippen LogP contribution in [-0.2, 0) is 50.3 Å². The highest BCUT2D eigenvalue weighted by atomic mass is 31.2. The Morgan fingerprint density at radius 2 is 1.32 bits per heavy atom. The van der Waals surface area contributed by atoms with Crippen LogP contribution in [-0.4, -0.2) is 61.5 Å². The molecule has 12 heteroatoms. The summed E-state index contributed by atoms with van der Waals surface area (Å²) in [6.45, 7) is 7.65. The number of aryl methyl sites for hydroxylation is 2. The van der Waals surface area contributed by atoms with Crippen molar-refractivity contribution >= 4 is 19.8 Å². The second-order valence-electron chi connectivity index (χ2n) is 14.4. The summed E-state index contributed by atoms with van der Waals surface area (Å²) in [6.07, 6.45) is 36.0. The van der Waals surface area contributed by atoms with Gasteiger partial charge in [-0.25, -0.2) is 4.57 Å². The van der Waals surface area contributed by atoms with Crippen LogP contribution in [0.4, 0.5) is 0 Å². The lowest BCUT2D eigenvalue weighted by atomic mass is 10.0. The van der Waals surface area contributed by atoms with Crippen LogP contribution in [0, 0.1) is 13.8 Å². The van der Waals surface area contributed by atoms with Crippen molar-refractivity contribution in [1.29, 1.82) is 0 Å². The van der Waals surface area contributed by atoms with E-state index in [-0.39, 0.29) is 32.6 Å². The summed E-state index contributed by atoms with van der Waals surface area (Å²) in [5, 5.41) is 0. The molecule has 322 valence electrons. The molecule has 0 aliphatic carbocycles. The van der Waals surface area contributed by atoms with Gasteiger partial charge in [0, 0.05) is 32.2 Å². The Morgan fingerprint density at radius 3 is 1.95 bits per heavy atom. The third kappa shape index (κ3) is 24.5. The van der Waals surface area contributed by atoms with Crippen molar-refractivity contribution in [2.75, 3.05) is 26.4 Å². The van der Waals surface area contributed by atoms with Crippen LogP contribution in [0.5, 0.6) is 0 Å². The molecule has 0 spiro atoms. The second-order valence-corrected chi connectivity index (χ2v) is 15.9. The first-order valence-corrected chi connectivity index (χ1v) is 22.7. The summed E-state index contributed by atoms with van der Waals surface area (Å²) in [5.74, 6) is 1.24. The molecule has 1 aliphatic rings. The number of carbonyl (C=O) groups is 2. The van der Waals surface area contributed by atoms with Crippen molar-refractivity contribution in [3.63, 3.8) is 0 Å². The number of allylic oxidation sites excluding steroid dienone is 8. The molecule has 1 saturated heterocycles. The van der Waals surface area contributed by atoms with Gasteiger partial charge in [-0.05, 0) is 89.2 Å². The van der Waals surface area contributed by atoms with Gasteiger partial charge in [0.05, 0.1) is 25.4 Å². The molecule has 0 amide bonds. The fourth-order valence-electron chi connectivity index (χ4n) is 6.04. The Bertz CT molecular complexity index is 1460. The average Bonchev–Trinajstić information content (AvgIpc) is 3.89. The number of unbranched alkanes of at least 4 members (excludes halogenated alkanes) is 5. The molecule has 1 aromatic heterocycles. The molecule has 0 radical (unpaired) electrons. The molecule has 3 unspecified atom stereocenters. The largest absolute Gasteiger partial charge is 0.472 e. The molecule has 3 N–H and O–H groups in total. The number of carbonyl (C=O) groups excluding carboxylic acids is 2. The summed E-state index contributed by atoms with van der Waals surface area (Å²) >= 11 is 0. The van der Waals surface area contributed by atoms with E-state index in [4.69, 9.17) is 33.4 Å². The predicted molar refractivity (Wildman–Crippen MR) is 227 cm³/mol. The van der Waals surface area contributed by atoms with E-state index in [1.54, 1.807) is 0 Å². The minimum absolute atomic E-state index is 0.0308. The van der Waals surface area contributed by atoms with Crippen LogP contribution in [0.1, 0.15) is 139 Å². The Balaban J connectivity index is 1.60. The van der Waals surface area contributed by atoms with Gasteiger partial charge in [-0.2, -0.15) is 0 Å². The van der Waals surface area contributed by atoms with E-state index in [2.05, 4.69) is 76.3 Å². The van der Waals surface area contributed by atoms with Crippen LogP contribution >= 0.6 is 7.82 Å². The lowest BCUT2D eigenvalue weighted by Gasteiger charge is -2.19. The molecular formula is C45H72NO10P. The molecule has 0 saturated carbocycles. The fraction of sp³-hybridized carbons (Fsp3) is 0.644. The monoisotopic (exact) mass is 817 g/mol. The number of phosphoric acid groups is 1. The number of phosphoric ester groups is 1. The summed E-state index contributed by atoms with van der Waals surface area (Å²) < 4.78 is 44.5. The van der Waals surface area contributed by atoms with Crippen LogP contribution in [0.2, 0.25) is 0 Å². The number of rotatable bonds is 34. The van der Waals surface area contributed by atoms with E-state index in [1.807, 2.05) is 12.2 Å². The van der Waals surface area contributed by atoms with Crippen LogP contribution < -0.4 is 5.73 Å². The molecule has 4 atom stereocenters. The van der Waals surface area contributed by atoms with Gasteiger partial charge in [0.1, 0.15) is 18.1 Å². The van der Waals surface area contributed by atoms with E-state index < -0.39 is 32.5 Å². The van der Waals surface area contributed by atoms with Gasteiger partial charge in [-0.1, -0.05) is 100 Å². The maximum atomic E-state index is 12.6. The molecule has 2 heterocycles. The number of hydrogen-bond donors (Lipinski definition) is 2. The molecular weight excluding hydrogens is 745 g/mol. The first-order chi connectivity index (χ1) is 27.6. The number of nitrogens with two attached hydrogens (primary N) is 1. The zero-order valence-electron chi connectivity index (χ0n) is 35.2. The SMILES string of the molecule is CC/C=C\CC1OC1C/C=C\C/C=C\C/C=C\C/C=C\CCC(=O)OC[C@H](COP(=O)(O)OCCN)OC(=O)CCCCCCCCc1oc(CCC)c(C)c1C. The van der Waals surface area contributed by atoms with Crippen LogP contribution in [0.25, 0.3) is 0 Å². The third-order valence-electron chi connectivity index (χ3n) is 9.51. The first-order valence-electron chi connectivity index (χ1n) is 21.2. The first kappa shape index (κ1) is 50.1. The zero-order chi connectivity index (χ0) is 41.6. The molecule has 0 aromatic carbocycles. The van der Waals surface area contributed by atoms with Gasteiger partial charge in [0.15, 0.2) is 6.10 Å². The van der Waals surface area contributed by atoms with Gasteiger partial charge in [-0.15, -0.1) is 0 Å². The highest BCUT2D eigenvalue weighted by Gasteiger charge is 2.36. The highest BCUT2D eigenvalue weighted by Crippen LogP contribution is 2.43. The van der Waals surface area contributed by atoms with Gasteiger partial charge in [-0.3, -0.25) is 18.6 Å². The standard InChI is InChI=1S/C45H72NO10P/c1-5-7-22-29-42-43(56-42)30-24-19-14-12-10-8-9-11-13-15-20-25-31-44(47)51-35-39(36-53-57(49,50)52-34-33-46)54-45(48)32-26-21-17-16-18-23-28-41-38(4)37(3)40(55-41)27-6-2/h7,9-12,15,19-20,22,24,39,42-43H,5-6,8,13-14,16-18,21,23,25-36,46H2,1-4H3,(H,49,50)/b11-9-,12-10-,20-15-,22-7-,24-19-/t39-,42?,43?/m1/s1. The Kier molecular flexibility index (Phi) is 27.2. The highest BCUT2D eigenvalue weighted by molar-refractivity contribution is 7.47. The van der Waals surface area contributed by atoms with Crippen molar-refractivity contribution in [3.8, 4) is 0 Å². The van der Waals surface area contributed by atoms with Crippen molar-refractivity contribution in [2.45, 2.75) is 162 Å². The van der Waals surface area contributed by atoms with Crippen molar-refractivity contribution < 1.29 is 46.7 Å². The van der Waals surface area contributed by atoms with Gasteiger partial charge in [0.2, 0.25) is 0 Å². The number of esters is 2. The fourth-order valence-corrected chi connectivity index (χ4v) is 6.81. The Hall–Kier alpha value is -3.05. The number of furan rings is 1. The van der Waals surface area contributed by atoms with E-state index >= 15 is 0 Å². The molecule has 1 aromatic rings. The molecule has 57 heavy (non-hydrogen) atoms. The molecule has 1 aliphatic heterocycles. The summed E-state index contributed by atoms with van der Waals surface area (Å²) in [7, 11) is -4.42. The Morgan fingerprint density at radius 1 is 0.737 bits per heavy atom. The van der Waals surface area contributed by atoms with E-state index in [1.165, 1.54) is 11.1 Å². The molecule has 11 nitrogen and oxygen atoms in total. The minimum atomic E-state index is -4.42. The maximum absolute atomic E-state index is 12.6. The summed E-state index contributed by atoms with van der Waals surface area (Å²) in [6, 6.07) is 0. The lowest BCUT2D eigenvalue weighted by molar-refractivity contribution is -0.161. The number of epoxide rings is 1. The smallest absolute Gasteiger partial charge is 0.466 e. The van der Waals surface area contributed by atoms with Crippen molar-refractivity contribution in [1.82, 2.24) is 0 Å². The van der Waals surface area contributed by atoms with E-state index in [0.29, 0.717) is 25.0 Å². The summed E-state index contributed by atoms with van der Waals surface area (Å²) in [4.78, 5) is 34.9. The van der Waals surface area contributed by atoms with Gasteiger partial charge >= 0.3 is 19.8 Å². The van der Waals surface area contributed by atoms with Crippen molar-refractivity contribution in [3.05, 3.63) is 83.4 Å². The quantitative estimate of drug-likeness (QED) is 0.0224. The Labute approximate surface area is 342 Å². The molecule has 2 rings (SSSR count). The minimum Gasteiger partial charge on any atom is -0.466 e. The van der Waals surface area contributed by atoms with Crippen LogP contribution in [0.15, 0.2) is 65.2 Å². The zero-order valence-corrected chi connectivity index (χ0v) is 36.1. The van der Waals surface area contributed by atoms with Gasteiger partial charge < -0.3 is 29.3 Å². The molecule has 0 bridgehead atoms. The van der Waals surface area contributed by atoms with E-state index in [0.717, 1.165) is 101 Å². The second kappa shape index (κ2) is 30.9. The predicted octanol–water partition coefficient (Wildman–Crippen LogP) is 10.4. The van der Waals surface area contributed by atoms with Gasteiger partial charge in [0.25, 0.3) is 0 Å². The molecule has 1 fully saturated rings. The van der Waals surface area contributed by atoms with Crippen LogP contribution in [0.3, 0.4) is 0 Å². The van der Waals surface area contributed by atoms with Crippen molar-refractivity contribution in [2.24, 2.45) is 5.73 Å². The topological polar surface area (TPSA) is 160 Å².